The monoisotopic (exact) mass is 333 g/mol. The first-order valence-electron chi connectivity index (χ1n) is 3.74. The van der Waals surface area contributed by atoms with Gasteiger partial charge in [0, 0.05) is 12.1 Å². The van der Waals surface area contributed by atoms with Crippen LogP contribution in [0.15, 0.2) is 6.20 Å². The normalized spacial score (nSPS) is 11.5. The predicted octanol–water partition coefficient (Wildman–Crippen LogP) is 1.63. The first kappa shape index (κ1) is 12.3. The van der Waals surface area contributed by atoms with E-state index in [-0.39, 0.29) is 15.9 Å². The number of hydrogen-bond donors (Lipinski definition) is 2. The molecule has 1 heterocycles. The maximum absolute atomic E-state index is 11.9. The lowest BCUT2D eigenvalue weighted by Gasteiger charge is -2.13. The fourth-order valence-corrected chi connectivity index (χ4v) is 1.66. The van der Waals surface area contributed by atoms with Gasteiger partial charge in [0.1, 0.15) is 5.82 Å². The number of nitrogens with zero attached hydrogens (tertiary/aromatic N) is 1. The van der Waals surface area contributed by atoms with Crippen LogP contribution in [0, 0.1) is 3.57 Å². The van der Waals surface area contributed by atoms with Gasteiger partial charge in [0.05, 0.1) is 9.77 Å². The van der Waals surface area contributed by atoms with Crippen molar-refractivity contribution < 1.29 is 17.9 Å². The van der Waals surface area contributed by atoms with Crippen molar-refractivity contribution in [1.29, 1.82) is 0 Å². The molecule has 0 atom stereocenters. The van der Waals surface area contributed by atoms with Crippen LogP contribution in [-0.2, 0) is 6.54 Å². The van der Waals surface area contributed by atoms with Crippen molar-refractivity contribution in [2.24, 2.45) is 5.73 Å². The van der Waals surface area contributed by atoms with Crippen LogP contribution in [0.1, 0.15) is 5.56 Å². The third-order valence-electron chi connectivity index (χ3n) is 1.54. The Morgan fingerprint density at radius 2 is 2.07 bits per heavy atom. The first-order valence-corrected chi connectivity index (χ1v) is 4.81. The molecule has 0 bridgehead atoms. The summed E-state index contributed by atoms with van der Waals surface area (Å²) in [5.74, 6) is -0.283. The second kappa shape index (κ2) is 4.39. The van der Waals surface area contributed by atoms with Crippen molar-refractivity contribution in [3.8, 4) is 5.75 Å². The van der Waals surface area contributed by atoms with Crippen LogP contribution in [0.2, 0.25) is 0 Å². The van der Waals surface area contributed by atoms with Gasteiger partial charge in [-0.05, 0) is 22.6 Å². The number of alkyl halides is 3. The van der Waals surface area contributed by atoms with Gasteiger partial charge in [-0.1, -0.05) is 0 Å². The van der Waals surface area contributed by atoms with E-state index in [2.05, 4.69) is 9.72 Å². The fraction of sp³-hybridized carbons (Fsp3) is 0.286. The van der Waals surface area contributed by atoms with E-state index in [0.29, 0.717) is 5.56 Å². The fourth-order valence-electron chi connectivity index (χ4n) is 0.914. The van der Waals surface area contributed by atoms with Gasteiger partial charge in [-0.2, -0.15) is 0 Å². The number of nitrogen functional groups attached to an aromatic ring is 1. The quantitative estimate of drug-likeness (QED) is 0.807. The van der Waals surface area contributed by atoms with E-state index in [0.717, 1.165) is 6.20 Å². The lowest BCUT2D eigenvalue weighted by Crippen LogP contribution is -2.19. The number of hydrogen-bond acceptors (Lipinski definition) is 4. The Balaban J connectivity index is 3.11. The molecule has 1 rings (SSSR count). The van der Waals surface area contributed by atoms with Crippen LogP contribution in [-0.4, -0.2) is 11.3 Å². The molecule has 0 aliphatic rings. The molecule has 0 amide bonds. The molecular formula is C7H7F3IN3O. The molecule has 0 saturated carbocycles. The molecule has 4 N–H and O–H groups in total. The van der Waals surface area contributed by atoms with Gasteiger partial charge in [0.15, 0.2) is 5.75 Å². The SMILES string of the molecule is NCc1c(N)ncc(OC(F)(F)F)c1I. The molecule has 1 aromatic heterocycles. The summed E-state index contributed by atoms with van der Waals surface area (Å²) in [6, 6.07) is 0. The van der Waals surface area contributed by atoms with Crippen molar-refractivity contribution in [2.75, 3.05) is 5.73 Å². The Hall–Kier alpha value is -0.770. The number of nitrogens with two attached hydrogens (primary N) is 2. The summed E-state index contributed by atoms with van der Waals surface area (Å²) in [5, 5.41) is 0. The van der Waals surface area contributed by atoms with E-state index in [1.54, 1.807) is 22.6 Å². The summed E-state index contributed by atoms with van der Waals surface area (Å²) in [5.41, 5.74) is 11.1. The molecule has 0 aliphatic carbocycles. The molecule has 0 radical (unpaired) electrons. The largest absolute Gasteiger partial charge is 0.573 e. The van der Waals surface area contributed by atoms with Gasteiger partial charge >= 0.3 is 6.36 Å². The smallest absolute Gasteiger partial charge is 0.403 e. The van der Waals surface area contributed by atoms with E-state index >= 15 is 0 Å². The Morgan fingerprint density at radius 3 is 2.53 bits per heavy atom. The van der Waals surface area contributed by atoms with Gasteiger partial charge in [-0.3, -0.25) is 0 Å². The van der Waals surface area contributed by atoms with Crippen LogP contribution >= 0.6 is 22.6 Å². The summed E-state index contributed by atoms with van der Waals surface area (Å²) < 4.78 is 39.8. The molecule has 0 unspecified atom stereocenters. The highest BCUT2D eigenvalue weighted by Gasteiger charge is 2.32. The molecule has 0 aliphatic heterocycles. The van der Waals surface area contributed by atoms with Crippen LogP contribution in [0.25, 0.3) is 0 Å². The van der Waals surface area contributed by atoms with Gasteiger partial charge in [-0.25, -0.2) is 4.98 Å². The molecule has 1 aromatic rings. The number of halogens is 4. The van der Waals surface area contributed by atoms with Crippen molar-refractivity contribution >= 4 is 28.4 Å². The minimum atomic E-state index is -4.75. The molecule has 8 heteroatoms. The van der Waals surface area contributed by atoms with E-state index in [1.807, 2.05) is 0 Å². The van der Waals surface area contributed by atoms with Crippen molar-refractivity contribution in [2.45, 2.75) is 12.9 Å². The summed E-state index contributed by atoms with van der Waals surface area (Å²) in [4.78, 5) is 3.56. The van der Waals surface area contributed by atoms with Gasteiger partial charge in [0.25, 0.3) is 0 Å². The van der Waals surface area contributed by atoms with Crippen LogP contribution in [0.3, 0.4) is 0 Å². The zero-order valence-electron chi connectivity index (χ0n) is 7.31. The summed E-state index contributed by atoms with van der Waals surface area (Å²) in [7, 11) is 0. The Labute approximate surface area is 96.9 Å². The molecule has 84 valence electrons. The molecule has 4 nitrogen and oxygen atoms in total. The minimum Gasteiger partial charge on any atom is -0.403 e. The molecule has 15 heavy (non-hydrogen) atoms. The molecule has 0 spiro atoms. The van der Waals surface area contributed by atoms with Crippen molar-refractivity contribution in [3.63, 3.8) is 0 Å². The van der Waals surface area contributed by atoms with E-state index in [1.165, 1.54) is 0 Å². The highest BCUT2D eigenvalue weighted by Crippen LogP contribution is 2.30. The van der Waals surface area contributed by atoms with Crippen LogP contribution in [0.5, 0.6) is 5.75 Å². The third kappa shape index (κ3) is 3.09. The lowest BCUT2D eigenvalue weighted by molar-refractivity contribution is -0.275. The number of rotatable bonds is 2. The average Bonchev–Trinajstić information content (AvgIpc) is 2.09. The van der Waals surface area contributed by atoms with Crippen LogP contribution < -0.4 is 16.2 Å². The van der Waals surface area contributed by atoms with Gasteiger partial charge < -0.3 is 16.2 Å². The highest BCUT2D eigenvalue weighted by atomic mass is 127. The van der Waals surface area contributed by atoms with Gasteiger partial charge in [0.2, 0.25) is 0 Å². The highest BCUT2D eigenvalue weighted by molar-refractivity contribution is 14.1. The molecule has 0 fully saturated rings. The number of pyridine rings is 1. The standard InChI is InChI=1S/C7H7F3IN3O/c8-7(9,10)15-4-2-14-6(13)3(1-12)5(4)11/h2H,1,12H2,(H2,13,14). The minimum absolute atomic E-state index is 0.00611. The zero-order chi connectivity index (χ0) is 11.6. The lowest BCUT2D eigenvalue weighted by atomic mass is 10.2. The molecule has 0 saturated heterocycles. The zero-order valence-corrected chi connectivity index (χ0v) is 9.46. The topological polar surface area (TPSA) is 74.2 Å². The van der Waals surface area contributed by atoms with Crippen molar-refractivity contribution in [3.05, 3.63) is 15.3 Å². The van der Waals surface area contributed by atoms with Crippen LogP contribution in [0.4, 0.5) is 19.0 Å². The Kier molecular flexibility index (Phi) is 3.60. The Bertz CT molecular complexity index is 369. The second-order valence-corrected chi connectivity index (χ2v) is 3.63. The molecule has 0 aromatic carbocycles. The number of anilines is 1. The Morgan fingerprint density at radius 1 is 1.47 bits per heavy atom. The van der Waals surface area contributed by atoms with E-state index in [9.17, 15) is 13.2 Å². The number of aromatic nitrogens is 1. The van der Waals surface area contributed by atoms with E-state index < -0.39 is 12.1 Å². The van der Waals surface area contributed by atoms with Crippen molar-refractivity contribution in [1.82, 2.24) is 4.98 Å². The van der Waals surface area contributed by atoms with Gasteiger partial charge in [-0.15, -0.1) is 13.2 Å². The van der Waals surface area contributed by atoms with E-state index in [4.69, 9.17) is 11.5 Å². The predicted molar refractivity (Wildman–Crippen MR) is 55.9 cm³/mol. The number of ether oxygens (including phenoxy) is 1. The summed E-state index contributed by atoms with van der Waals surface area (Å²) in [6.45, 7) is 0.00611. The maximum Gasteiger partial charge on any atom is 0.573 e. The maximum atomic E-state index is 11.9. The summed E-state index contributed by atoms with van der Waals surface area (Å²) >= 11 is 1.68. The first-order chi connectivity index (χ1) is 6.85. The third-order valence-corrected chi connectivity index (χ3v) is 2.72. The second-order valence-electron chi connectivity index (χ2n) is 2.55. The average molecular weight is 333 g/mol. The summed E-state index contributed by atoms with van der Waals surface area (Å²) in [6.07, 6.45) is -3.83. The molecular weight excluding hydrogens is 326 g/mol.